The number of rotatable bonds is 2. The Morgan fingerprint density at radius 3 is 2.86 bits per heavy atom. The van der Waals surface area contributed by atoms with E-state index < -0.39 is 0 Å². The molecule has 1 aliphatic rings. The van der Waals surface area contributed by atoms with Gasteiger partial charge in [0.15, 0.2) is 5.82 Å². The minimum absolute atomic E-state index is 0.166. The Labute approximate surface area is 132 Å². The van der Waals surface area contributed by atoms with E-state index in [2.05, 4.69) is 4.98 Å². The summed E-state index contributed by atoms with van der Waals surface area (Å²) >= 11 is 12.0. The number of anilines is 1. The summed E-state index contributed by atoms with van der Waals surface area (Å²) in [5.41, 5.74) is 1.47. The number of hydrogen-bond donors (Lipinski definition) is 0. The molecule has 0 spiro atoms. The van der Waals surface area contributed by atoms with E-state index in [0.29, 0.717) is 35.4 Å². The van der Waals surface area contributed by atoms with E-state index in [1.165, 1.54) is 6.20 Å². The third-order valence-electron chi connectivity index (χ3n) is 3.47. The molecule has 6 heteroatoms. The van der Waals surface area contributed by atoms with Crippen LogP contribution < -0.4 is 4.90 Å². The lowest BCUT2D eigenvalue weighted by atomic mass is 10.1. The fraction of sp³-hybridized carbons (Fsp3) is 0.267. The molecule has 1 aliphatic heterocycles. The topological polar surface area (TPSA) is 25.4 Å². The van der Waals surface area contributed by atoms with Crippen LogP contribution in [0.2, 0.25) is 10.0 Å². The highest BCUT2D eigenvalue weighted by molar-refractivity contribution is 6.42. The molecule has 0 saturated carbocycles. The van der Waals surface area contributed by atoms with Gasteiger partial charge in [0, 0.05) is 19.3 Å². The minimum atomic E-state index is -0.327. The summed E-state index contributed by atoms with van der Waals surface area (Å²) in [6, 6.07) is 7.09. The molecule has 1 aromatic carbocycles. The molecule has 0 aliphatic carbocycles. The van der Waals surface area contributed by atoms with Gasteiger partial charge in [0.25, 0.3) is 0 Å². The summed E-state index contributed by atoms with van der Waals surface area (Å²) in [4.78, 5) is 5.73. The van der Waals surface area contributed by atoms with Crippen LogP contribution in [0.3, 0.4) is 0 Å². The summed E-state index contributed by atoms with van der Waals surface area (Å²) in [7, 11) is 0. The smallest absolute Gasteiger partial charge is 0.164 e. The maximum absolute atomic E-state index is 13.8. The molecular weight excluding hydrogens is 314 g/mol. The number of benzene rings is 1. The summed E-state index contributed by atoms with van der Waals surface area (Å²) < 4.78 is 19.6. The maximum atomic E-state index is 13.8. The van der Waals surface area contributed by atoms with Crippen LogP contribution in [0.1, 0.15) is 11.7 Å². The van der Waals surface area contributed by atoms with E-state index in [0.717, 1.165) is 5.56 Å². The third-order valence-corrected chi connectivity index (χ3v) is 4.21. The molecule has 2 heterocycles. The van der Waals surface area contributed by atoms with Gasteiger partial charge < -0.3 is 9.64 Å². The molecule has 0 unspecified atom stereocenters. The van der Waals surface area contributed by atoms with Gasteiger partial charge in [-0.15, -0.1) is 0 Å². The molecule has 0 bridgehead atoms. The van der Waals surface area contributed by atoms with Crippen LogP contribution in [-0.4, -0.2) is 24.7 Å². The van der Waals surface area contributed by atoms with Gasteiger partial charge in [-0.05, 0) is 23.8 Å². The summed E-state index contributed by atoms with van der Waals surface area (Å²) in [6.45, 7) is 1.71. The van der Waals surface area contributed by atoms with E-state index in [9.17, 15) is 4.39 Å². The summed E-state index contributed by atoms with van der Waals surface area (Å²) in [5.74, 6) is -0.327. The van der Waals surface area contributed by atoms with Crippen LogP contribution in [0.25, 0.3) is 0 Å². The molecule has 1 fully saturated rings. The average molecular weight is 327 g/mol. The van der Waals surface area contributed by atoms with Gasteiger partial charge in [0.05, 0.1) is 28.5 Å². The van der Waals surface area contributed by atoms with Crippen LogP contribution in [0.5, 0.6) is 0 Å². The van der Waals surface area contributed by atoms with Crippen molar-refractivity contribution >= 4 is 28.9 Å². The van der Waals surface area contributed by atoms with Crippen molar-refractivity contribution in [2.75, 3.05) is 24.6 Å². The summed E-state index contributed by atoms with van der Waals surface area (Å²) in [5, 5.41) is 0.998. The van der Waals surface area contributed by atoms with Crippen LogP contribution in [0.15, 0.2) is 36.7 Å². The van der Waals surface area contributed by atoms with Crippen molar-refractivity contribution < 1.29 is 9.13 Å². The summed E-state index contributed by atoms with van der Waals surface area (Å²) in [6.07, 6.45) is 2.64. The van der Waals surface area contributed by atoms with E-state index in [1.807, 2.05) is 11.0 Å². The SMILES string of the molecule is Fc1cnccc1N1CCO[C@@H](c2ccc(Cl)c(Cl)c2)C1. The highest BCUT2D eigenvalue weighted by atomic mass is 35.5. The molecule has 110 valence electrons. The third kappa shape index (κ3) is 3.12. The number of halogens is 3. The molecule has 3 nitrogen and oxygen atoms in total. The van der Waals surface area contributed by atoms with Gasteiger partial charge in [-0.2, -0.15) is 0 Å². The standard InChI is InChI=1S/C15H13Cl2FN2O/c16-11-2-1-10(7-12(11)17)15-9-20(5-6-21-15)14-3-4-19-8-13(14)18/h1-4,7-8,15H,5-6,9H2/t15-/m1/s1. The zero-order valence-corrected chi connectivity index (χ0v) is 12.6. The highest BCUT2D eigenvalue weighted by Gasteiger charge is 2.24. The van der Waals surface area contributed by atoms with Crippen molar-refractivity contribution in [1.82, 2.24) is 4.98 Å². The lowest BCUT2D eigenvalue weighted by molar-refractivity contribution is 0.0396. The molecule has 0 N–H and O–H groups in total. The molecule has 3 rings (SSSR count). The van der Waals surface area contributed by atoms with Crippen molar-refractivity contribution in [3.63, 3.8) is 0 Å². The molecule has 1 saturated heterocycles. The van der Waals surface area contributed by atoms with E-state index in [4.69, 9.17) is 27.9 Å². The van der Waals surface area contributed by atoms with Crippen LogP contribution in [0.4, 0.5) is 10.1 Å². The van der Waals surface area contributed by atoms with Crippen molar-refractivity contribution in [2.24, 2.45) is 0 Å². The first-order valence-corrected chi connectivity index (χ1v) is 7.32. The van der Waals surface area contributed by atoms with Crippen molar-refractivity contribution in [3.8, 4) is 0 Å². The molecule has 21 heavy (non-hydrogen) atoms. The average Bonchev–Trinajstić information content (AvgIpc) is 2.51. The number of aromatic nitrogens is 1. The molecule has 1 atom stereocenters. The number of nitrogens with zero attached hydrogens (tertiary/aromatic N) is 2. The number of hydrogen-bond acceptors (Lipinski definition) is 3. The van der Waals surface area contributed by atoms with Gasteiger partial charge in [0.1, 0.15) is 6.10 Å². The van der Waals surface area contributed by atoms with E-state index in [-0.39, 0.29) is 11.9 Å². The maximum Gasteiger partial charge on any atom is 0.164 e. The van der Waals surface area contributed by atoms with Crippen molar-refractivity contribution in [1.29, 1.82) is 0 Å². The first-order chi connectivity index (χ1) is 10.1. The largest absolute Gasteiger partial charge is 0.370 e. The molecule has 2 aromatic rings. The first-order valence-electron chi connectivity index (χ1n) is 6.56. The highest BCUT2D eigenvalue weighted by Crippen LogP contribution is 2.31. The monoisotopic (exact) mass is 326 g/mol. The molecule has 0 radical (unpaired) electrons. The van der Waals surface area contributed by atoms with Gasteiger partial charge in [-0.25, -0.2) is 4.39 Å². The quantitative estimate of drug-likeness (QED) is 0.830. The normalized spacial score (nSPS) is 18.8. The lowest BCUT2D eigenvalue weighted by Gasteiger charge is -2.34. The lowest BCUT2D eigenvalue weighted by Crippen LogP contribution is -2.38. The number of pyridine rings is 1. The van der Waals surface area contributed by atoms with Crippen molar-refractivity contribution in [2.45, 2.75) is 6.10 Å². The Balaban J connectivity index is 1.83. The van der Waals surface area contributed by atoms with Crippen LogP contribution in [-0.2, 0) is 4.74 Å². The Kier molecular flexibility index (Phi) is 4.29. The van der Waals surface area contributed by atoms with E-state index in [1.54, 1.807) is 24.4 Å². The Morgan fingerprint density at radius 2 is 2.10 bits per heavy atom. The molecule has 1 aromatic heterocycles. The van der Waals surface area contributed by atoms with Crippen molar-refractivity contribution in [3.05, 3.63) is 58.1 Å². The van der Waals surface area contributed by atoms with E-state index >= 15 is 0 Å². The Bertz CT molecular complexity index is 653. The predicted molar refractivity (Wildman–Crippen MR) is 81.6 cm³/mol. The van der Waals surface area contributed by atoms with Crippen LogP contribution >= 0.6 is 23.2 Å². The fourth-order valence-corrected chi connectivity index (χ4v) is 2.71. The second kappa shape index (κ2) is 6.18. The second-order valence-corrected chi connectivity index (χ2v) is 5.62. The molecular formula is C15H13Cl2FN2O. The minimum Gasteiger partial charge on any atom is -0.370 e. The van der Waals surface area contributed by atoms with Gasteiger partial charge in [0.2, 0.25) is 0 Å². The van der Waals surface area contributed by atoms with Gasteiger partial charge >= 0.3 is 0 Å². The fourth-order valence-electron chi connectivity index (χ4n) is 2.41. The zero-order chi connectivity index (χ0) is 14.8. The second-order valence-electron chi connectivity index (χ2n) is 4.81. The predicted octanol–water partition coefficient (Wildman–Crippen LogP) is 4.11. The van der Waals surface area contributed by atoms with Gasteiger partial charge in [-0.1, -0.05) is 29.3 Å². The Morgan fingerprint density at radius 1 is 1.24 bits per heavy atom. The number of morpholine rings is 1. The number of ether oxygens (including phenoxy) is 1. The van der Waals surface area contributed by atoms with Gasteiger partial charge in [-0.3, -0.25) is 4.98 Å². The van der Waals surface area contributed by atoms with Crippen LogP contribution in [0, 0.1) is 5.82 Å². The first kappa shape index (κ1) is 14.6. The molecule has 0 amide bonds. The Hall–Kier alpha value is -1.36. The zero-order valence-electron chi connectivity index (χ0n) is 11.1.